The summed E-state index contributed by atoms with van der Waals surface area (Å²) < 4.78 is 13.2. The van der Waals surface area contributed by atoms with E-state index in [1.165, 1.54) is 18.4 Å². The summed E-state index contributed by atoms with van der Waals surface area (Å²) in [6.07, 6.45) is 8.08. The molecule has 1 heterocycles. The van der Waals surface area contributed by atoms with Crippen LogP contribution >= 0.6 is 0 Å². The van der Waals surface area contributed by atoms with Gasteiger partial charge in [-0.25, -0.2) is 4.98 Å². The Balaban J connectivity index is 1.58. The van der Waals surface area contributed by atoms with Gasteiger partial charge in [-0.3, -0.25) is 0 Å². The molecule has 0 spiro atoms. The molecule has 1 fully saturated rings. The first-order chi connectivity index (χ1) is 10.3. The largest absolute Gasteiger partial charge is 0.493 e. The van der Waals surface area contributed by atoms with Gasteiger partial charge in [-0.2, -0.15) is 0 Å². The van der Waals surface area contributed by atoms with Gasteiger partial charge in [0.1, 0.15) is 6.61 Å². The predicted octanol–water partition coefficient (Wildman–Crippen LogP) is 2.22. The van der Waals surface area contributed by atoms with Crippen LogP contribution in [0.2, 0.25) is 0 Å². The van der Waals surface area contributed by atoms with Gasteiger partial charge in [0, 0.05) is 25.0 Å². The van der Waals surface area contributed by atoms with E-state index in [2.05, 4.69) is 22.4 Å². The maximum absolute atomic E-state index is 5.86. The maximum Gasteiger partial charge on any atom is 0.161 e. The van der Waals surface area contributed by atoms with Gasteiger partial charge in [0.05, 0.1) is 20.0 Å². The Morgan fingerprint density at radius 3 is 2.95 bits per heavy atom. The van der Waals surface area contributed by atoms with E-state index in [0.717, 1.165) is 24.6 Å². The summed E-state index contributed by atoms with van der Waals surface area (Å²) in [7, 11) is 1.67. The van der Waals surface area contributed by atoms with E-state index < -0.39 is 0 Å². The summed E-state index contributed by atoms with van der Waals surface area (Å²) in [5, 5.41) is 3.51. The average molecular weight is 287 g/mol. The normalized spacial score (nSPS) is 14.1. The third kappa shape index (κ3) is 3.98. The van der Waals surface area contributed by atoms with E-state index in [-0.39, 0.29) is 0 Å². The molecule has 0 saturated heterocycles. The maximum atomic E-state index is 5.86. The third-order valence-corrected chi connectivity index (χ3v) is 3.57. The van der Waals surface area contributed by atoms with Crippen molar-refractivity contribution in [3.63, 3.8) is 0 Å². The van der Waals surface area contributed by atoms with Crippen LogP contribution in [0.3, 0.4) is 0 Å². The van der Waals surface area contributed by atoms with Crippen LogP contribution in [0.25, 0.3) is 0 Å². The summed E-state index contributed by atoms with van der Waals surface area (Å²) in [5.74, 6) is 1.57. The zero-order valence-corrected chi connectivity index (χ0v) is 12.3. The fraction of sp³-hybridized carbons (Fsp3) is 0.438. The lowest BCUT2D eigenvalue weighted by atomic mass is 10.2. The quantitative estimate of drug-likeness (QED) is 0.809. The van der Waals surface area contributed by atoms with Crippen LogP contribution in [0.15, 0.2) is 36.9 Å². The number of rotatable bonds is 8. The van der Waals surface area contributed by atoms with Crippen molar-refractivity contribution in [3.05, 3.63) is 42.5 Å². The highest BCUT2D eigenvalue weighted by Crippen LogP contribution is 2.28. The van der Waals surface area contributed by atoms with Gasteiger partial charge in [0.15, 0.2) is 11.5 Å². The summed E-state index contributed by atoms with van der Waals surface area (Å²) in [6.45, 7) is 2.24. The van der Waals surface area contributed by atoms with Crippen LogP contribution in [0, 0.1) is 0 Å². The van der Waals surface area contributed by atoms with Crippen LogP contribution in [-0.4, -0.2) is 29.3 Å². The number of hydrogen-bond donors (Lipinski definition) is 1. The molecule has 0 unspecified atom stereocenters. The molecule has 1 aromatic heterocycles. The highest BCUT2D eigenvalue weighted by atomic mass is 16.5. The molecule has 112 valence electrons. The smallest absolute Gasteiger partial charge is 0.161 e. The molecule has 0 atom stereocenters. The minimum Gasteiger partial charge on any atom is -0.493 e. The van der Waals surface area contributed by atoms with Crippen molar-refractivity contribution in [1.82, 2.24) is 14.9 Å². The number of methoxy groups -OCH3 is 1. The molecule has 5 nitrogen and oxygen atoms in total. The summed E-state index contributed by atoms with van der Waals surface area (Å²) in [6, 6.07) is 6.81. The van der Waals surface area contributed by atoms with E-state index in [4.69, 9.17) is 9.47 Å². The fourth-order valence-electron chi connectivity index (χ4n) is 2.17. The molecule has 1 saturated carbocycles. The zero-order chi connectivity index (χ0) is 14.5. The molecule has 0 amide bonds. The highest BCUT2D eigenvalue weighted by Gasteiger charge is 2.20. The molecule has 5 heteroatoms. The summed E-state index contributed by atoms with van der Waals surface area (Å²) >= 11 is 0. The highest BCUT2D eigenvalue weighted by molar-refractivity contribution is 5.43. The Morgan fingerprint density at radius 1 is 1.33 bits per heavy atom. The van der Waals surface area contributed by atoms with E-state index in [1.54, 1.807) is 19.6 Å². The van der Waals surface area contributed by atoms with Crippen molar-refractivity contribution in [2.24, 2.45) is 0 Å². The minimum absolute atomic E-state index is 0.590. The van der Waals surface area contributed by atoms with Crippen molar-refractivity contribution >= 4 is 0 Å². The minimum atomic E-state index is 0.590. The summed E-state index contributed by atoms with van der Waals surface area (Å²) in [5.41, 5.74) is 1.22. The van der Waals surface area contributed by atoms with Crippen molar-refractivity contribution in [2.75, 3.05) is 13.7 Å². The first kappa shape index (κ1) is 13.9. The Kier molecular flexibility index (Phi) is 4.40. The fourth-order valence-corrected chi connectivity index (χ4v) is 2.17. The van der Waals surface area contributed by atoms with Gasteiger partial charge in [0.2, 0.25) is 0 Å². The number of ether oxygens (including phenoxy) is 2. The van der Waals surface area contributed by atoms with Gasteiger partial charge in [-0.1, -0.05) is 6.07 Å². The van der Waals surface area contributed by atoms with Gasteiger partial charge in [-0.05, 0) is 30.5 Å². The molecular formula is C16H21N3O2. The van der Waals surface area contributed by atoms with Crippen molar-refractivity contribution in [1.29, 1.82) is 0 Å². The lowest BCUT2D eigenvalue weighted by Crippen LogP contribution is -2.15. The first-order valence-electron chi connectivity index (χ1n) is 7.34. The molecule has 1 aromatic carbocycles. The number of aromatic nitrogens is 2. The van der Waals surface area contributed by atoms with Crippen LogP contribution in [0.5, 0.6) is 11.5 Å². The zero-order valence-electron chi connectivity index (χ0n) is 12.3. The Labute approximate surface area is 124 Å². The number of hydrogen-bond acceptors (Lipinski definition) is 4. The third-order valence-electron chi connectivity index (χ3n) is 3.57. The molecule has 3 rings (SSSR count). The molecule has 1 aliphatic carbocycles. The monoisotopic (exact) mass is 287 g/mol. The molecule has 0 bridgehead atoms. The van der Waals surface area contributed by atoms with E-state index in [9.17, 15) is 0 Å². The second kappa shape index (κ2) is 6.63. The standard InChI is InChI=1S/C16H21N3O2/c1-20-15-5-2-13(11-18-14-3-4-14)10-16(15)21-9-8-19-7-6-17-12-19/h2,5-7,10,12,14,18H,3-4,8-9,11H2,1H3. The second-order valence-electron chi connectivity index (χ2n) is 5.29. The molecule has 21 heavy (non-hydrogen) atoms. The predicted molar refractivity (Wildman–Crippen MR) is 80.6 cm³/mol. The Hall–Kier alpha value is -2.01. The number of benzene rings is 1. The molecule has 2 aromatic rings. The van der Waals surface area contributed by atoms with Crippen molar-refractivity contribution in [2.45, 2.75) is 32.0 Å². The lowest BCUT2D eigenvalue weighted by molar-refractivity contribution is 0.279. The van der Waals surface area contributed by atoms with Gasteiger partial charge >= 0.3 is 0 Å². The second-order valence-corrected chi connectivity index (χ2v) is 5.29. The number of imidazole rings is 1. The Bertz CT molecular complexity index is 565. The van der Waals surface area contributed by atoms with Crippen molar-refractivity contribution < 1.29 is 9.47 Å². The van der Waals surface area contributed by atoms with Crippen LogP contribution in [0.4, 0.5) is 0 Å². The van der Waals surface area contributed by atoms with E-state index in [0.29, 0.717) is 12.6 Å². The Morgan fingerprint density at radius 2 is 2.24 bits per heavy atom. The van der Waals surface area contributed by atoms with Crippen LogP contribution < -0.4 is 14.8 Å². The number of nitrogens with zero attached hydrogens (tertiary/aromatic N) is 2. The molecule has 1 aliphatic rings. The number of nitrogens with one attached hydrogen (secondary N) is 1. The average Bonchev–Trinajstić information content (AvgIpc) is 3.20. The van der Waals surface area contributed by atoms with E-state index >= 15 is 0 Å². The topological polar surface area (TPSA) is 48.3 Å². The van der Waals surface area contributed by atoms with Gasteiger partial charge in [0.25, 0.3) is 0 Å². The van der Waals surface area contributed by atoms with Gasteiger partial charge < -0.3 is 19.4 Å². The summed E-state index contributed by atoms with van der Waals surface area (Å²) in [4.78, 5) is 4.02. The van der Waals surface area contributed by atoms with E-state index in [1.807, 2.05) is 16.8 Å². The lowest BCUT2D eigenvalue weighted by Gasteiger charge is -2.13. The first-order valence-corrected chi connectivity index (χ1v) is 7.34. The van der Waals surface area contributed by atoms with Crippen LogP contribution in [0.1, 0.15) is 18.4 Å². The SMILES string of the molecule is COc1ccc(CNC2CC2)cc1OCCn1ccnc1. The van der Waals surface area contributed by atoms with Crippen molar-refractivity contribution in [3.8, 4) is 11.5 Å². The molecular weight excluding hydrogens is 266 g/mol. The van der Waals surface area contributed by atoms with Crippen LogP contribution in [-0.2, 0) is 13.1 Å². The molecule has 0 aliphatic heterocycles. The molecule has 1 N–H and O–H groups in total. The van der Waals surface area contributed by atoms with Gasteiger partial charge in [-0.15, -0.1) is 0 Å². The molecule has 0 radical (unpaired) electrons.